The highest BCUT2D eigenvalue weighted by atomic mass is 35.5. The average Bonchev–Trinajstić information content (AvgIpc) is 2.98. The summed E-state index contributed by atoms with van der Waals surface area (Å²) in [5.41, 5.74) is 2.90. The van der Waals surface area contributed by atoms with Crippen LogP contribution >= 0.6 is 23.2 Å². The standard InChI is InChI=1S/C16H16Cl2N4O2/c1-9-7-22(16-19-5-11(6-20-16)15(23)21-24)8-12(9)10-2-3-13(17)14(18)4-10/h2-6,9,12,24H,7-8H2,1H3,(H,21,23)/t9-,12-/m1/s1. The van der Waals surface area contributed by atoms with Crippen molar-refractivity contribution in [2.75, 3.05) is 18.0 Å². The number of amides is 1. The molecule has 0 saturated carbocycles. The Kier molecular flexibility index (Phi) is 4.89. The third-order valence-corrected chi connectivity index (χ3v) is 5.01. The normalized spacial score (nSPS) is 20.2. The maximum atomic E-state index is 11.3. The number of carbonyl (C=O) groups excluding carboxylic acids is 1. The number of hydrogen-bond acceptors (Lipinski definition) is 5. The second-order valence-corrected chi connectivity index (χ2v) is 6.69. The van der Waals surface area contributed by atoms with Gasteiger partial charge in [-0.3, -0.25) is 10.0 Å². The largest absolute Gasteiger partial charge is 0.340 e. The van der Waals surface area contributed by atoms with Crippen LogP contribution in [0.15, 0.2) is 30.6 Å². The molecule has 126 valence electrons. The first-order valence-corrected chi connectivity index (χ1v) is 8.21. The van der Waals surface area contributed by atoms with Crippen LogP contribution < -0.4 is 10.4 Å². The molecule has 1 aromatic carbocycles. The smallest absolute Gasteiger partial charge is 0.277 e. The van der Waals surface area contributed by atoms with Crippen LogP contribution in [0.2, 0.25) is 10.0 Å². The van der Waals surface area contributed by atoms with E-state index in [4.69, 9.17) is 28.4 Å². The fourth-order valence-electron chi connectivity index (χ4n) is 2.97. The summed E-state index contributed by atoms with van der Waals surface area (Å²) in [6.45, 7) is 3.72. The van der Waals surface area contributed by atoms with Crippen molar-refractivity contribution in [1.29, 1.82) is 0 Å². The highest BCUT2D eigenvalue weighted by Crippen LogP contribution is 2.36. The lowest BCUT2D eigenvalue weighted by Crippen LogP contribution is -2.23. The third-order valence-electron chi connectivity index (χ3n) is 4.27. The Labute approximate surface area is 149 Å². The lowest BCUT2D eigenvalue weighted by molar-refractivity contribution is 0.0705. The Hall–Kier alpha value is -1.89. The molecule has 1 aliphatic rings. The number of rotatable bonds is 3. The molecule has 1 fully saturated rings. The van der Waals surface area contributed by atoms with E-state index in [9.17, 15) is 4.79 Å². The molecule has 2 heterocycles. The van der Waals surface area contributed by atoms with Gasteiger partial charge in [-0.05, 0) is 23.6 Å². The van der Waals surface area contributed by atoms with E-state index in [2.05, 4.69) is 21.8 Å². The van der Waals surface area contributed by atoms with Gasteiger partial charge in [0.1, 0.15) is 0 Å². The minimum Gasteiger partial charge on any atom is -0.340 e. The molecule has 3 rings (SSSR count). The summed E-state index contributed by atoms with van der Waals surface area (Å²) in [6, 6.07) is 5.71. The molecule has 0 radical (unpaired) electrons. The number of benzene rings is 1. The van der Waals surface area contributed by atoms with Gasteiger partial charge in [0.05, 0.1) is 15.6 Å². The predicted molar refractivity (Wildman–Crippen MR) is 91.9 cm³/mol. The van der Waals surface area contributed by atoms with Gasteiger partial charge in [0, 0.05) is 31.4 Å². The van der Waals surface area contributed by atoms with Crippen molar-refractivity contribution in [3.05, 3.63) is 51.8 Å². The van der Waals surface area contributed by atoms with Gasteiger partial charge in [-0.15, -0.1) is 0 Å². The molecule has 1 saturated heterocycles. The monoisotopic (exact) mass is 366 g/mol. The summed E-state index contributed by atoms with van der Waals surface area (Å²) in [4.78, 5) is 21.8. The number of hydrogen-bond donors (Lipinski definition) is 2. The van der Waals surface area contributed by atoms with Gasteiger partial charge in [0.25, 0.3) is 5.91 Å². The maximum Gasteiger partial charge on any atom is 0.277 e. The topological polar surface area (TPSA) is 78.4 Å². The number of hydroxylamine groups is 1. The van der Waals surface area contributed by atoms with E-state index in [1.165, 1.54) is 12.4 Å². The van der Waals surface area contributed by atoms with E-state index in [0.29, 0.717) is 27.8 Å². The fraction of sp³-hybridized carbons (Fsp3) is 0.312. The van der Waals surface area contributed by atoms with Gasteiger partial charge in [-0.25, -0.2) is 15.4 Å². The minimum atomic E-state index is -0.634. The van der Waals surface area contributed by atoms with Crippen LogP contribution in [0, 0.1) is 5.92 Å². The molecule has 1 aliphatic heterocycles. The Morgan fingerprint density at radius 3 is 2.58 bits per heavy atom. The van der Waals surface area contributed by atoms with E-state index < -0.39 is 5.91 Å². The van der Waals surface area contributed by atoms with Crippen LogP contribution in [0.3, 0.4) is 0 Å². The fourth-order valence-corrected chi connectivity index (χ4v) is 3.28. The van der Waals surface area contributed by atoms with Gasteiger partial charge < -0.3 is 4.90 Å². The van der Waals surface area contributed by atoms with Crippen LogP contribution in [0.5, 0.6) is 0 Å². The number of anilines is 1. The van der Waals surface area contributed by atoms with Crippen molar-refractivity contribution in [1.82, 2.24) is 15.4 Å². The Morgan fingerprint density at radius 1 is 1.25 bits per heavy atom. The van der Waals surface area contributed by atoms with Gasteiger partial charge in [0.2, 0.25) is 5.95 Å². The van der Waals surface area contributed by atoms with Crippen molar-refractivity contribution >= 4 is 35.1 Å². The second kappa shape index (κ2) is 6.93. The molecule has 2 atom stereocenters. The molecule has 6 nitrogen and oxygen atoms in total. The lowest BCUT2D eigenvalue weighted by atomic mass is 9.90. The van der Waals surface area contributed by atoms with E-state index in [1.54, 1.807) is 5.48 Å². The van der Waals surface area contributed by atoms with E-state index in [1.807, 2.05) is 18.2 Å². The molecule has 8 heteroatoms. The average molecular weight is 367 g/mol. The minimum absolute atomic E-state index is 0.203. The first-order valence-electron chi connectivity index (χ1n) is 7.46. The molecule has 2 aromatic rings. The summed E-state index contributed by atoms with van der Waals surface area (Å²) in [6.07, 6.45) is 2.79. The summed E-state index contributed by atoms with van der Waals surface area (Å²) in [5.74, 6) is 0.610. The number of nitrogens with one attached hydrogen (secondary N) is 1. The highest BCUT2D eigenvalue weighted by molar-refractivity contribution is 6.42. The van der Waals surface area contributed by atoms with Crippen molar-refractivity contribution in [3.8, 4) is 0 Å². The van der Waals surface area contributed by atoms with Crippen LogP contribution in [0.4, 0.5) is 5.95 Å². The van der Waals surface area contributed by atoms with Gasteiger partial charge >= 0.3 is 0 Å². The molecule has 1 amide bonds. The zero-order valence-electron chi connectivity index (χ0n) is 12.9. The first kappa shape index (κ1) is 17.0. The predicted octanol–water partition coefficient (Wildman–Crippen LogP) is 3.14. The zero-order valence-corrected chi connectivity index (χ0v) is 14.4. The van der Waals surface area contributed by atoms with Crippen LogP contribution in [-0.4, -0.2) is 34.2 Å². The first-order chi connectivity index (χ1) is 11.5. The van der Waals surface area contributed by atoms with Gasteiger partial charge in [-0.1, -0.05) is 36.2 Å². The summed E-state index contributed by atoms with van der Waals surface area (Å²) >= 11 is 12.1. The Morgan fingerprint density at radius 2 is 1.96 bits per heavy atom. The maximum absolute atomic E-state index is 11.3. The molecule has 0 bridgehead atoms. The van der Waals surface area contributed by atoms with Crippen molar-refractivity contribution in [3.63, 3.8) is 0 Å². The molecule has 0 spiro atoms. The highest BCUT2D eigenvalue weighted by Gasteiger charge is 2.32. The van der Waals surface area contributed by atoms with Gasteiger partial charge in [-0.2, -0.15) is 0 Å². The van der Waals surface area contributed by atoms with E-state index in [-0.39, 0.29) is 5.56 Å². The molecular formula is C16H16Cl2N4O2. The second-order valence-electron chi connectivity index (χ2n) is 5.87. The summed E-state index contributed by atoms with van der Waals surface area (Å²) in [7, 11) is 0. The summed E-state index contributed by atoms with van der Waals surface area (Å²) < 4.78 is 0. The Balaban J connectivity index is 1.77. The van der Waals surface area contributed by atoms with Crippen LogP contribution in [-0.2, 0) is 0 Å². The Bertz CT molecular complexity index is 754. The lowest BCUT2D eigenvalue weighted by Gasteiger charge is -2.17. The van der Waals surface area contributed by atoms with Crippen molar-refractivity contribution in [2.24, 2.45) is 5.92 Å². The number of nitrogens with zero attached hydrogens (tertiary/aromatic N) is 3. The zero-order chi connectivity index (χ0) is 17.3. The quantitative estimate of drug-likeness (QED) is 0.644. The van der Waals surface area contributed by atoms with Crippen LogP contribution in [0.1, 0.15) is 28.8 Å². The molecule has 2 N–H and O–H groups in total. The van der Waals surface area contributed by atoms with E-state index >= 15 is 0 Å². The molecule has 0 unspecified atom stereocenters. The van der Waals surface area contributed by atoms with E-state index in [0.717, 1.165) is 18.7 Å². The van der Waals surface area contributed by atoms with Crippen LogP contribution in [0.25, 0.3) is 0 Å². The molecular weight excluding hydrogens is 351 g/mol. The number of carbonyl (C=O) groups is 1. The third kappa shape index (κ3) is 3.31. The van der Waals surface area contributed by atoms with Gasteiger partial charge in [0.15, 0.2) is 0 Å². The van der Waals surface area contributed by atoms with Crippen molar-refractivity contribution in [2.45, 2.75) is 12.8 Å². The SMILES string of the molecule is C[C@@H]1CN(c2ncc(C(=O)NO)cn2)C[C@H]1c1ccc(Cl)c(Cl)c1. The molecule has 24 heavy (non-hydrogen) atoms. The molecule has 1 aromatic heterocycles. The molecule has 0 aliphatic carbocycles. The number of aromatic nitrogens is 2. The number of halogens is 2. The van der Waals surface area contributed by atoms with Crippen molar-refractivity contribution < 1.29 is 10.0 Å². The summed E-state index contributed by atoms with van der Waals surface area (Å²) in [5, 5.41) is 9.72.